The number of carbonyl (C=O) groups excluding carboxylic acids is 2. The van der Waals surface area contributed by atoms with Gasteiger partial charge in [0.2, 0.25) is 11.7 Å². The predicted octanol–water partition coefficient (Wildman–Crippen LogP) is 9.32. The highest BCUT2D eigenvalue weighted by atomic mass is 19.1. The summed E-state index contributed by atoms with van der Waals surface area (Å²) in [6.07, 6.45) is 9.20. The van der Waals surface area contributed by atoms with Crippen LogP contribution in [0.3, 0.4) is 0 Å². The summed E-state index contributed by atoms with van der Waals surface area (Å²) < 4.78 is 45.6. The fraction of sp³-hybridized carbons (Fsp3) is 0.510. The molecule has 7 rings (SSSR count). The minimum absolute atomic E-state index is 0.00485. The van der Waals surface area contributed by atoms with Crippen molar-refractivity contribution in [2.45, 2.75) is 108 Å². The van der Waals surface area contributed by atoms with E-state index < -0.39 is 29.4 Å². The summed E-state index contributed by atoms with van der Waals surface area (Å²) in [5.41, 5.74) is 2.84. The number of nitrogens with one attached hydrogen (secondary N) is 1. The molecular formula is C51H64FN3O10. The highest BCUT2D eigenvalue weighted by Crippen LogP contribution is 2.62. The first-order valence-corrected chi connectivity index (χ1v) is 22.8. The van der Waals surface area contributed by atoms with Crippen LogP contribution in [0.2, 0.25) is 0 Å². The number of halogens is 1. The van der Waals surface area contributed by atoms with E-state index in [-0.39, 0.29) is 73.9 Å². The van der Waals surface area contributed by atoms with Gasteiger partial charge in [-0.2, -0.15) is 0 Å². The second kappa shape index (κ2) is 20.8. The first-order chi connectivity index (χ1) is 31.3. The second-order valence-electron chi connectivity index (χ2n) is 18.4. The van der Waals surface area contributed by atoms with Crippen LogP contribution in [0.1, 0.15) is 95.6 Å². The summed E-state index contributed by atoms with van der Waals surface area (Å²) in [5, 5.41) is 27.6. The largest absolute Gasteiger partial charge is 0.497 e. The monoisotopic (exact) mass is 897 g/mol. The van der Waals surface area contributed by atoms with Crippen molar-refractivity contribution in [2.24, 2.45) is 28.8 Å². The summed E-state index contributed by atoms with van der Waals surface area (Å²) in [4.78, 5) is 36.5. The maximum atomic E-state index is 14.8. The van der Waals surface area contributed by atoms with Crippen molar-refractivity contribution >= 4 is 23.4 Å². The number of fused-ring (bicyclic) bond motifs is 2. The molecule has 0 spiro atoms. The third-order valence-electron chi connectivity index (χ3n) is 12.8. The Morgan fingerprint density at radius 1 is 0.969 bits per heavy atom. The number of hydrogen-bond donors (Lipinski definition) is 3. The lowest BCUT2D eigenvalue weighted by molar-refractivity contribution is -0.258. The molecular weight excluding hydrogens is 834 g/mol. The van der Waals surface area contributed by atoms with E-state index in [0.717, 1.165) is 55.2 Å². The number of unbranched alkanes of at least 4 members (excludes halogenated alkanes) is 2. The molecule has 13 nitrogen and oxygen atoms in total. The number of aliphatic hydroxyl groups excluding tert-OH is 2. The molecule has 3 aromatic carbocycles. The number of methoxy groups -OCH3 is 2. The normalized spacial score (nSPS) is 23.8. The van der Waals surface area contributed by atoms with Crippen LogP contribution in [0.5, 0.6) is 23.0 Å². The van der Waals surface area contributed by atoms with Gasteiger partial charge in [0.05, 0.1) is 38.1 Å². The van der Waals surface area contributed by atoms with Crippen LogP contribution in [0.25, 0.3) is 0 Å². The van der Waals surface area contributed by atoms with E-state index in [1.54, 1.807) is 55.7 Å². The van der Waals surface area contributed by atoms with Crippen molar-refractivity contribution in [3.8, 4) is 23.0 Å². The number of anilines is 1. The minimum Gasteiger partial charge on any atom is -0.497 e. The Kier molecular flexibility index (Phi) is 15.2. The van der Waals surface area contributed by atoms with Crippen molar-refractivity contribution in [1.29, 1.82) is 0 Å². The Morgan fingerprint density at radius 3 is 2.35 bits per heavy atom. The summed E-state index contributed by atoms with van der Waals surface area (Å²) >= 11 is 0. The molecule has 1 aliphatic heterocycles. The smallest absolute Gasteiger partial charge is 0.417 e. The Hall–Kier alpha value is -5.44. The van der Waals surface area contributed by atoms with Crippen LogP contribution in [-0.4, -0.2) is 84.3 Å². The molecule has 6 atom stereocenters. The SMILES string of the molecule is C=CCO[C@@]12Oc3ccc(OC(=O)Nc4ccc(OC)cc4OC)cc3[C@H]3[C@H](CCCCO)[C@@H](CCCCO)C=C(C(=NOC(C)(C)C)C[C@@H]1N(Cc1ccc(F)cc1)C(=O)C1CC1)[C@H]32. The van der Waals surface area contributed by atoms with E-state index in [1.165, 1.54) is 19.2 Å². The van der Waals surface area contributed by atoms with E-state index in [2.05, 4.69) is 18.0 Å². The number of nitrogens with zero attached hydrogens (tertiary/aromatic N) is 2. The molecule has 0 bridgehead atoms. The third-order valence-corrected chi connectivity index (χ3v) is 12.8. The number of benzene rings is 3. The quantitative estimate of drug-likeness (QED) is 0.0567. The average molecular weight is 898 g/mol. The van der Waals surface area contributed by atoms with Crippen molar-refractivity contribution in [3.05, 3.63) is 102 Å². The zero-order valence-electron chi connectivity index (χ0n) is 38.2. The molecule has 2 fully saturated rings. The summed E-state index contributed by atoms with van der Waals surface area (Å²) in [6, 6.07) is 15.8. The van der Waals surface area contributed by atoms with Gasteiger partial charge in [0.25, 0.3) is 0 Å². The molecule has 0 unspecified atom stereocenters. The minimum atomic E-state index is -1.49. The van der Waals surface area contributed by atoms with Crippen molar-refractivity contribution in [2.75, 3.05) is 39.4 Å². The van der Waals surface area contributed by atoms with Gasteiger partial charge in [0, 0.05) is 49.6 Å². The van der Waals surface area contributed by atoms with Gasteiger partial charge in [-0.1, -0.05) is 42.3 Å². The van der Waals surface area contributed by atoms with Gasteiger partial charge >= 0.3 is 6.09 Å². The van der Waals surface area contributed by atoms with E-state index in [0.29, 0.717) is 41.5 Å². The molecule has 2 amide bonds. The van der Waals surface area contributed by atoms with Crippen LogP contribution in [0.15, 0.2) is 90.1 Å². The molecule has 1 heterocycles. The van der Waals surface area contributed by atoms with Crippen LogP contribution < -0.4 is 24.3 Å². The second-order valence-corrected chi connectivity index (χ2v) is 18.4. The Bertz CT molecular complexity index is 2220. The summed E-state index contributed by atoms with van der Waals surface area (Å²) in [6.45, 7) is 10.2. The van der Waals surface area contributed by atoms with Gasteiger partial charge in [0.1, 0.15) is 40.5 Å². The zero-order chi connectivity index (χ0) is 46.3. The number of oxime groups is 1. The standard InChI is InChI=1S/C51H64FN3O10/c1-7-26-62-51-45(55(48(58)33-16-17-33)31-32-14-18-35(52)19-15-32)30-42(54-65-50(2,3)4)39-27-34(12-8-10-24-56)38(13-9-11-25-57)46(47(39)51)40-28-37(21-23-43(40)64-51)63-49(59)53-41-22-20-36(60-5)29-44(41)61-6/h7,14-15,18-23,27-29,33-34,38,45-47,56-57H,1,8-13,16-17,24-26,30-31H2,2-6H3,(H,53,59)/t34-,38+,45-,46+,47+,51+/m0/s1. The summed E-state index contributed by atoms with van der Waals surface area (Å²) in [7, 11) is 3.04. The maximum absolute atomic E-state index is 14.8. The molecule has 0 radical (unpaired) electrons. The average Bonchev–Trinajstić information content (AvgIpc) is 4.14. The van der Waals surface area contributed by atoms with Gasteiger partial charge in [-0.25, -0.2) is 9.18 Å². The van der Waals surface area contributed by atoms with Gasteiger partial charge in [-0.3, -0.25) is 10.1 Å². The predicted molar refractivity (Wildman–Crippen MR) is 245 cm³/mol. The molecule has 0 saturated heterocycles. The van der Waals surface area contributed by atoms with Crippen molar-refractivity contribution < 1.29 is 52.7 Å². The Balaban J connectivity index is 1.41. The number of aliphatic hydroxyl groups is 2. The summed E-state index contributed by atoms with van der Waals surface area (Å²) in [5.74, 6) is -1.32. The van der Waals surface area contributed by atoms with Gasteiger partial charge in [0.15, 0.2) is 0 Å². The molecule has 65 heavy (non-hydrogen) atoms. The fourth-order valence-corrected chi connectivity index (χ4v) is 9.74. The topological polar surface area (TPSA) is 158 Å². The number of allylic oxidation sites excluding steroid dienone is 1. The van der Waals surface area contributed by atoms with Crippen LogP contribution in [0, 0.1) is 29.5 Å². The lowest BCUT2D eigenvalue weighted by atomic mass is 9.55. The van der Waals surface area contributed by atoms with E-state index in [4.69, 9.17) is 33.7 Å². The molecule has 3 aliphatic carbocycles. The maximum Gasteiger partial charge on any atom is 0.417 e. The first kappa shape index (κ1) is 47.5. The first-order valence-electron chi connectivity index (χ1n) is 22.8. The molecule has 2 saturated carbocycles. The molecule has 3 N–H and O–H groups in total. The number of hydrogen-bond acceptors (Lipinski definition) is 11. The number of rotatable bonds is 20. The lowest BCUT2D eigenvalue weighted by Crippen LogP contribution is -2.70. The molecule has 3 aromatic rings. The van der Waals surface area contributed by atoms with Crippen LogP contribution in [-0.2, 0) is 20.9 Å². The number of amides is 2. The molecule has 14 heteroatoms. The number of carbonyl (C=O) groups is 2. The molecule has 4 aliphatic rings. The van der Waals surface area contributed by atoms with Crippen molar-refractivity contribution in [1.82, 2.24) is 4.90 Å². The Morgan fingerprint density at radius 2 is 1.69 bits per heavy atom. The van der Waals surface area contributed by atoms with Gasteiger partial charge in [-0.05, 0) is 125 Å². The number of ether oxygens (including phenoxy) is 5. The lowest BCUT2D eigenvalue weighted by Gasteiger charge is -2.60. The third kappa shape index (κ3) is 10.8. The van der Waals surface area contributed by atoms with Crippen molar-refractivity contribution in [3.63, 3.8) is 0 Å². The Labute approximate surface area is 381 Å². The highest BCUT2D eigenvalue weighted by molar-refractivity contribution is 6.03. The molecule has 0 aromatic heterocycles. The van der Waals surface area contributed by atoms with Gasteiger partial charge < -0.3 is 43.6 Å². The van der Waals surface area contributed by atoms with Gasteiger partial charge in [-0.15, -0.1) is 6.58 Å². The van der Waals surface area contributed by atoms with Crippen LogP contribution >= 0.6 is 0 Å². The van der Waals surface area contributed by atoms with E-state index >= 15 is 0 Å². The van der Waals surface area contributed by atoms with E-state index in [9.17, 15) is 24.2 Å². The highest BCUT2D eigenvalue weighted by Gasteiger charge is 2.66. The fourth-order valence-electron chi connectivity index (χ4n) is 9.74. The zero-order valence-corrected chi connectivity index (χ0v) is 38.2. The van der Waals surface area contributed by atoms with Crippen LogP contribution in [0.4, 0.5) is 14.9 Å². The molecule has 350 valence electrons. The van der Waals surface area contributed by atoms with E-state index in [1.807, 2.05) is 31.7 Å².